The van der Waals surface area contributed by atoms with Crippen molar-refractivity contribution in [1.82, 2.24) is 19.6 Å². The van der Waals surface area contributed by atoms with Crippen LogP contribution in [0.15, 0.2) is 71.9 Å². The molecule has 4 N–H and O–H groups in total. The van der Waals surface area contributed by atoms with Gasteiger partial charge in [0.1, 0.15) is 22.8 Å². The van der Waals surface area contributed by atoms with Gasteiger partial charge in [-0.05, 0) is 87.1 Å². The summed E-state index contributed by atoms with van der Waals surface area (Å²) in [5.74, 6) is 0.689. The molecule has 2 aliphatic heterocycles. The number of carbonyl (C=O) groups is 1. The Kier molecular flexibility index (Phi) is 11.5. The third kappa shape index (κ3) is 7.94. The Labute approximate surface area is 309 Å². The molecule has 6 rings (SSSR count). The molecule has 1 amide bonds. The van der Waals surface area contributed by atoms with Crippen molar-refractivity contribution in [3.8, 4) is 5.75 Å². The van der Waals surface area contributed by atoms with Crippen LogP contribution in [0.4, 0.5) is 17.3 Å². The van der Waals surface area contributed by atoms with Gasteiger partial charge in [0.05, 0.1) is 35.0 Å². The minimum absolute atomic E-state index is 0.0919. The Morgan fingerprint density at radius 1 is 1.06 bits per heavy atom. The number of anilines is 3. The van der Waals surface area contributed by atoms with E-state index >= 15 is 0 Å². The van der Waals surface area contributed by atoms with E-state index in [4.69, 9.17) is 15.2 Å². The number of morpholine rings is 1. The number of carbonyl (C=O) groups excluding carboxylic acids is 1. The minimum Gasteiger partial charge on any atom is -0.488 e. The van der Waals surface area contributed by atoms with Gasteiger partial charge in [-0.3, -0.25) is 4.79 Å². The number of nitrogens with two attached hydrogens (primary N) is 1. The number of fused-ring (bicyclic) bond motifs is 1. The maximum atomic E-state index is 14.0. The van der Waals surface area contributed by atoms with Gasteiger partial charge in [-0.15, -0.1) is 0 Å². The predicted octanol–water partition coefficient (Wildman–Crippen LogP) is 5.98. The van der Waals surface area contributed by atoms with E-state index in [0.29, 0.717) is 67.2 Å². The second kappa shape index (κ2) is 16.0. The Hall–Kier alpha value is -4.52. The number of benzene rings is 3. The zero-order valence-electron chi connectivity index (χ0n) is 31.1. The molecule has 0 aliphatic carbocycles. The summed E-state index contributed by atoms with van der Waals surface area (Å²) in [4.78, 5) is 25.7. The standard InChI is InChI=1S/C40H51N7O4S/c1-7-31-25-47(52(49)35-12-10-9-11-34(35)51-31)24-29-21-28(14-13-26(29)3)36(32-15-16-33(42-8-2)37(41)27(32)4)40(5,6)45-38(48)30-22-43-39(44-23-30)46-17-19-50-20-18-46/h9-16,21-23,31,36,42H,7-8,17-20,24-25,41H2,1-6H3,(H,45,48)/t31-,36+,52?/m1/s1. The molecule has 0 spiro atoms. The first-order chi connectivity index (χ1) is 25.0. The summed E-state index contributed by atoms with van der Waals surface area (Å²) < 4.78 is 27.8. The molecule has 0 radical (unpaired) electrons. The summed E-state index contributed by atoms with van der Waals surface area (Å²) >= 11 is 0. The average molecular weight is 726 g/mol. The van der Waals surface area contributed by atoms with Gasteiger partial charge in [-0.2, -0.15) is 0 Å². The molecule has 1 fully saturated rings. The smallest absolute Gasteiger partial charge is 0.254 e. The molecule has 11 nitrogen and oxygen atoms in total. The van der Waals surface area contributed by atoms with E-state index in [1.807, 2.05) is 62.3 Å². The number of nitrogens with zero attached hydrogens (tertiary/aromatic N) is 4. The van der Waals surface area contributed by atoms with Crippen molar-refractivity contribution >= 4 is 34.2 Å². The first kappa shape index (κ1) is 37.2. The zero-order valence-corrected chi connectivity index (χ0v) is 31.9. The number of aryl methyl sites for hydroxylation is 1. The normalized spacial score (nSPS) is 18.5. The molecule has 3 atom stereocenters. The largest absolute Gasteiger partial charge is 0.488 e. The van der Waals surface area contributed by atoms with Crippen molar-refractivity contribution in [3.05, 3.63) is 100 Å². The number of nitrogens with one attached hydrogen (secondary N) is 2. The Bertz CT molecular complexity index is 1910. The summed E-state index contributed by atoms with van der Waals surface area (Å²) in [5, 5.41) is 6.69. The first-order valence-electron chi connectivity index (χ1n) is 18.1. The van der Waals surface area contributed by atoms with Crippen LogP contribution in [0.3, 0.4) is 0 Å². The minimum atomic E-state index is -1.41. The lowest BCUT2D eigenvalue weighted by molar-refractivity contribution is 0.0905. The fourth-order valence-electron chi connectivity index (χ4n) is 7.10. The fourth-order valence-corrected chi connectivity index (χ4v) is 8.42. The summed E-state index contributed by atoms with van der Waals surface area (Å²) in [6, 6.07) is 18.1. The number of nitrogen functional groups attached to an aromatic ring is 1. The van der Waals surface area contributed by atoms with E-state index in [0.717, 1.165) is 46.5 Å². The Morgan fingerprint density at radius 3 is 2.50 bits per heavy atom. The number of hydrogen-bond donors (Lipinski definition) is 3. The second-order valence-corrected chi connectivity index (χ2v) is 15.6. The number of para-hydroxylation sites is 1. The van der Waals surface area contributed by atoms with Gasteiger partial charge in [0.15, 0.2) is 0 Å². The van der Waals surface area contributed by atoms with Gasteiger partial charge in [0.25, 0.3) is 5.91 Å². The molecule has 1 saturated heterocycles. The van der Waals surface area contributed by atoms with Gasteiger partial charge in [0.2, 0.25) is 5.95 Å². The third-order valence-electron chi connectivity index (χ3n) is 10.1. The lowest BCUT2D eigenvalue weighted by Gasteiger charge is -2.38. The van der Waals surface area contributed by atoms with Gasteiger partial charge in [-0.25, -0.2) is 18.5 Å². The maximum absolute atomic E-state index is 14.0. The topological polar surface area (TPSA) is 135 Å². The Balaban J connectivity index is 1.35. The Morgan fingerprint density at radius 2 is 1.79 bits per heavy atom. The summed E-state index contributed by atoms with van der Waals surface area (Å²) in [6.07, 6.45) is 3.87. The van der Waals surface area contributed by atoms with E-state index < -0.39 is 16.5 Å². The molecule has 52 heavy (non-hydrogen) atoms. The van der Waals surface area contributed by atoms with Crippen LogP contribution >= 0.6 is 0 Å². The van der Waals surface area contributed by atoms with Crippen LogP contribution in [0, 0.1) is 13.8 Å². The fraction of sp³-hybridized carbons (Fsp3) is 0.425. The van der Waals surface area contributed by atoms with Crippen LogP contribution in [0.5, 0.6) is 5.75 Å². The molecular weight excluding hydrogens is 675 g/mol. The third-order valence-corrected chi connectivity index (χ3v) is 11.5. The van der Waals surface area contributed by atoms with Crippen molar-refractivity contribution in [1.29, 1.82) is 0 Å². The molecule has 0 saturated carbocycles. The summed E-state index contributed by atoms with van der Waals surface area (Å²) in [5.41, 5.74) is 13.0. The number of aromatic nitrogens is 2. The van der Waals surface area contributed by atoms with Gasteiger partial charge >= 0.3 is 0 Å². The highest BCUT2D eigenvalue weighted by Crippen LogP contribution is 2.41. The number of rotatable bonds is 11. The molecular formula is C40H51N7O4S. The van der Waals surface area contributed by atoms with E-state index in [1.54, 1.807) is 12.4 Å². The van der Waals surface area contributed by atoms with Crippen molar-refractivity contribution in [2.24, 2.45) is 0 Å². The maximum Gasteiger partial charge on any atom is 0.254 e. The van der Waals surface area contributed by atoms with Crippen molar-refractivity contribution in [2.45, 2.75) is 77.0 Å². The summed E-state index contributed by atoms with van der Waals surface area (Å²) in [6.45, 7) is 16.7. The summed E-state index contributed by atoms with van der Waals surface area (Å²) in [7, 11) is -1.41. The molecule has 3 heterocycles. The molecule has 3 aromatic carbocycles. The lowest BCUT2D eigenvalue weighted by Crippen LogP contribution is -2.48. The van der Waals surface area contributed by atoms with Crippen LogP contribution in [0.1, 0.15) is 78.2 Å². The van der Waals surface area contributed by atoms with Crippen molar-refractivity contribution < 1.29 is 18.5 Å². The van der Waals surface area contributed by atoms with E-state index in [-0.39, 0.29) is 17.9 Å². The van der Waals surface area contributed by atoms with Gasteiger partial charge in [-0.1, -0.05) is 43.3 Å². The van der Waals surface area contributed by atoms with Gasteiger partial charge in [0, 0.05) is 56.6 Å². The van der Waals surface area contributed by atoms with E-state index in [2.05, 4.69) is 63.6 Å². The molecule has 4 aromatic rings. The number of amides is 1. The van der Waals surface area contributed by atoms with Crippen LogP contribution in [-0.2, 0) is 22.3 Å². The molecule has 1 aromatic heterocycles. The van der Waals surface area contributed by atoms with E-state index in [9.17, 15) is 9.00 Å². The quantitative estimate of drug-likeness (QED) is 0.160. The monoisotopic (exact) mass is 725 g/mol. The molecule has 12 heteroatoms. The van der Waals surface area contributed by atoms with Crippen molar-refractivity contribution in [3.63, 3.8) is 0 Å². The average Bonchev–Trinajstić information content (AvgIpc) is 3.28. The SMILES string of the molecule is CCNc1ccc([C@H](c2ccc(C)c(CN3C[C@@H](CC)Oc4ccccc4S3=O)c2)C(C)(C)NC(=O)c2cnc(N3CCOCC3)nc2)c(C)c1N. The van der Waals surface area contributed by atoms with Crippen molar-refractivity contribution in [2.75, 3.05) is 55.3 Å². The lowest BCUT2D eigenvalue weighted by atomic mass is 9.74. The number of hydrogen-bond acceptors (Lipinski definition) is 9. The highest BCUT2D eigenvalue weighted by molar-refractivity contribution is 7.82. The van der Waals surface area contributed by atoms with Gasteiger partial charge < -0.3 is 30.7 Å². The molecule has 276 valence electrons. The molecule has 1 unspecified atom stereocenters. The second-order valence-electron chi connectivity index (χ2n) is 14.1. The zero-order chi connectivity index (χ0) is 37.0. The first-order valence-corrected chi connectivity index (χ1v) is 19.2. The van der Waals surface area contributed by atoms with Crippen LogP contribution in [-0.4, -0.2) is 75.4 Å². The van der Waals surface area contributed by atoms with Crippen LogP contribution in [0.2, 0.25) is 0 Å². The number of ether oxygens (including phenoxy) is 2. The van der Waals surface area contributed by atoms with Crippen LogP contribution in [0.25, 0.3) is 0 Å². The molecule has 2 aliphatic rings. The highest BCUT2D eigenvalue weighted by Gasteiger charge is 2.36. The van der Waals surface area contributed by atoms with E-state index in [1.165, 1.54) is 0 Å². The highest BCUT2D eigenvalue weighted by atomic mass is 32.2. The predicted molar refractivity (Wildman–Crippen MR) is 207 cm³/mol. The van der Waals surface area contributed by atoms with Crippen LogP contribution < -0.4 is 26.0 Å². The molecule has 0 bridgehead atoms.